The molecule has 0 spiro atoms. The fourth-order valence-corrected chi connectivity index (χ4v) is 35.9. The van der Waals surface area contributed by atoms with Crippen LogP contribution in [0.15, 0.2) is 11.7 Å². The summed E-state index contributed by atoms with van der Waals surface area (Å²) in [4.78, 5) is 14.3. The third kappa shape index (κ3) is 23.2. The molecule has 21 heteroatoms. The smallest absolute Gasteiger partial charge is 0.491 e. The van der Waals surface area contributed by atoms with Gasteiger partial charge in [0.1, 0.15) is 0 Å². The number of rotatable bonds is 22. The molecule has 0 aromatic rings. The standard InChI is InChI=1S/C27H72O11Si10/c1-40(2,3)33-46(19,34-41(4,5)6)30-25(26(28)29-23-22-24-39)27(31-47(20,35-42(7,8)9)36-43(10,11)12)32-48(21,37-44(13,14)15)38-45(16,17)18/h22-24H2,1-21,39H3. The summed E-state index contributed by atoms with van der Waals surface area (Å²) < 4.78 is 66.6. The van der Waals surface area contributed by atoms with Gasteiger partial charge in [0, 0.05) is 29.9 Å². The Hall–Kier alpha value is 0.539. The minimum absolute atomic E-state index is 0.209. The second kappa shape index (κ2) is 17.6. The molecule has 0 aliphatic heterocycles. The van der Waals surface area contributed by atoms with Gasteiger partial charge in [-0.15, -0.1) is 0 Å². The molecule has 0 unspecified atom stereocenters. The third-order valence-electron chi connectivity index (χ3n) is 4.89. The highest BCUT2D eigenvalue weighted by Gasteiger charge is 2.54. The average Bonchev–Trinajstić information content (AvgIpc) is 2.68. The van der Waals surface area contributed by atoms with Gasteiger partial charge >= 0.3 is 38.3 Å². The lowest BCUT2D eigenvalue weighted by molar-refractivity contribution is -0.143. The molecular weight excluding hydrogens is 781 g/mol. The quantitative estimate of drug-likeness (QED) is 0.0351. The maximum absolute atomic E-state index is 14.3. The fraction of sp³-hybridized carbons (Fsp3) is 0.889. The minimum Gasteiger partial charge on any atom is -0.491 e. The lowest BCUT2D eigenvalue weighted by Crippen LogP contribution is -2.58. The van der Waals surface area contributed by atoms with Crippen molar-refractivity contribution >= 4 is 92.5 Å². The van der Waals surface area contributed by atoms with Crippen molar-refractivity contribution in [3.05, 3.63) is 11.7 Å². The molecule has 0 saturated carbocycles. The Morgan fingerprint density at radius 2 is 0.688 bits per heavy atom. The summed E-state index contributed by atoms with van der Waals surface area (Å²) in [5, 5.41) is 0. The van der Waals surface area contributed by atoms with Gasteiger partial charge in [-0.05, 0) is 124 Å². The Kier molecular flexibility index (Phi) is 17.8. The number of carbonyl (C=O) groups is 1. The van der Waals surface area contributed by atoms with Crippen LogP contribution in [-0.2, 0) is 47.5 Å². The summed E-state index contributed by atoms with van der Waals surface area (Å²) in [5.41, 5.74) is 0. The van der Waals surface area contributed by atoms with Crippen molar-refractivity contribution in [2.75, 3.05) is 6.61 Å². The summed E-state index contributed by atoms with van der Waals surface area (Å²) >= 11 is 0. The van der Waals surface area contributed by atoms with Crippen LogP contribution in [0.25, 0.3) is 0 Å². The van der Waals surface area contributed by atoms with E-state index in [0.29, 0.717) is 0 Å². The van der Waals surface area contributed by atoms with E-state index in [0.717, 1.165) is 22.7 Å². The van der Waals surface area contributed by atoms with E-state index in [1.165, 1.54) is 0 Å². The third-order valence-corrected chi connectivity index (χ3v) is 30.9. The van der Waals surface area contributed by atoms with Gasteiger partial charge in [0.05, 0.1) is 6.61 Å². The molecule has 0 bridgehead atoms. The van der Waals surface area contributed by atoms with E-state index in [1.807, 2.05) is 19.6 Å². The molecule has 0 aliphatic rings. The van der Waals surface area contributed by atoms with Crippen LogP contribution in [0.3, 0.4) is 0 Å². The topological polar surface area (TPSA) is 109 Å². The van der Waals surface area contributed by atoms with Crippen LogP contribution in [0.4, 0.5) is 0 Å². The number of esters is 1. The Morgan fingerprint density at radius 1 is 0.438 bits per heavy atom. The molecule has 0 aromatic heterocycles. The molecule has 0 heterocycles. The predicted molar refractivity (Wildman–Crippen MR) is 222 cm³/mol. The van der Waals surface area contributed by atoms with Crippen LogP contribution in [0, 0.1) is 0 Å². The highest BCUT2D eigenvalue weighted by molar-refractivity contribution is 6.87. The maximum Gasteiger partial charge on any atom is 0.543 e. The molecule has 0 atom stereocenters. The van der Waals surface area contributed by atoms with Gasteiger partial charge in [-0.2, -0.15) is 0 Å². The zero-order valence-electron chi connectivity index (χ0n) is 34.6. The second-order valence-corrected chi connectivity index (χ2v) is 55.3. The molecular formula is C27H72O11Si10. The van der Waals surface area contributed by atoms with Crippen LogP contribution in [0.5, 0.6) is 0 Å². The highest BCUT2D eigenvalue weighted by Crippen LogP contribution is 2.33. The number of carbonyl (C=O) groups excluding carboxylic acids is 1. The van der Waals surface area contributed by atoms with Crippen molar-refractivity contribution in [1.82, 2.24) is 0 Å². The average molecular weight is 854 g/mol. The van der Waals surface area contributed by atoms with Gasteiger partial charge in [-0.25, -0.2) is 4.79 Å². The van der Waals surface area contributed by atoms with Crippen molar-refractivity contribution < 1.29 is 47.5 Å². The first kappa shape index (κ1) is 48.5. The molecule has 0 N–H and O–H groups in total. The lowest BCUT2D eigenvalue weighted by Gasteiger charge is -2.41. The van der Waals surface area contributed by atoms with Crippen molar-refractivity contribution in [3.8, 4) is 0 Å². The molecule has 286 valence electrons. The van der Waals surface area contributed by atoms with E-state index in [4.69, 9.17) is 42.7 Å². The lowest BCUT2D eigenvalue weighted by atomic mass is 10.5. The minimum atomic E-state index is -3.58. The first-order valence-corrected chi connectivity index (χ1v) is 45.6. The van der Waals surface area contributed by atoms with Crippen molar-refractivity contribution in [2.24, 2.45) is 0 Å². The van der Waals surface area contributed by atoms with Gasteiger partial charge in [-0.1, -0.05) is 6.04 Å². The van der Waals surface area contributed by atoms with E-state index in [-0.39, 0.29) is 18.3 Å². The van der Waals surface area contributed by atoms with E-state index in [2.05, 4.69) is 118 Å². The Bertz CT molecular complexity index is 973. The number of hydrogen-bond acceptors (Lipinski definition) is 11. The van der Waals surface area contributed by atoms with Crippen molar-refractivity contribution in [2.45, 2.75) is 150 Å². The fourth-order valence-electron chi connectivity index (χ4n) is 4.70. The Morgan fingerprint density at radius 3 is 0.917 bits per heavy atom. The zero-order valence-corrected chi connectivity index (χ0v) is 45.6. The van der Waals surface area contributed by atoms with Crippen molar-refractivity contribution in [1.29, 1.82) is 0 Å². The zero-order chi connectivity index (χ0) is 38.4. The van der Waals surface area contributed by atoms with Gasteiger partial charge < -0.3 is 42.7 Å². The molecule has 0 aromatic carbocycles. The summed E-state index contributed by atoms with van der Waals surface area (Å²) in [6.07, 6.45) is 0.738. The maximum atomic E-state index is 14.3. The molecule has 0 rings (SSSR count). The number of hydrogen-bond donors (Lipinski definition) is 0. The molecule has 48 heavy (non-hydrogen) atoms. The normalized spacial score (nSPS) is 14.5. The molecule has 0 radical (unpaired) electrons. The van der Waals surface area contributed by atoms with Crippen molar-refractivity contribution in [3.63, 3.8) is 0 Å². The van der Waals surface area contributed by atoms with Crippen LogP contribution in [-0.4, -0.2) is 99.1 Å². The van der Waals surface area contributed by atoms with Crippen LogP contribution in [0.2, 0.25) is 144 Å². The van der Waals surface area contributed by atoms with Gasteiger partial charge in [0.25, 0.3) is 5.76 Å². The molecule has 0 saturated heterocycles. The first-order chi connectivity index (χ1) is 20.9. The molecule has 0 amide bonds. The van der Waals surface area contributed by atoms with Gasteiger partial charge in [0.2, 0.25) is 0 Å². The van der Waals surface area contributed by atoms with E-state index >= 15 is 0 Å². The summed E-state index contributed by atoms with van der Waals surface area (Å²) in [7, 11) is -23.3. The Labute approximate surface area is 306 Å². The van der Waals surface area contributed by atoms with Crippen LogP contribution in [0.1, 0.15) is 6.42 Å². The molecule has 0 aliphatic carbocycles. The molecule has 0 fully saturated rings. The summed E-state index contributed by atoms with van der Waals surface area (Å²) in [6, 6.07) is 0.981. The van der Waals surface area contributed by atoms with Gasteiger partial charge in [0.15, 0.2) is 49.9 Å². The summed E-state index contributed by atoms with van der Waals surface area (Å²) in [6.45, 7) is 43.1. The SMILES string of the molecule is C[Si](C)(C)O[Si](C)(OC(O[Si](C)(O[Si](C)(C)C)O[Si](C)(C)C)=C(O[Si](C)(O[Si](C)(C)C)O[Si](C)(C)C)C(=O)OCCC[SiH3])O[Si](C)(C)C. The van der Waals surface area contributed by atoms with Gasteiger partial charge in [-0.3, -0.25) is 0 Å². The number of ether oxygens (including phenoxy) is 1. The van der Waals surface area contributed by atoms with Crippen LogP contribution < -0.4 is 0 Å². The monoisotopic (exact) mass is 852 g/mol. The van der Waals surface area contributed by atoms with E-state index in [1.54, 1.807) is 0 Å². The first-order valence-electron chi connectivity index (χ1n) is 17.1. The predicted octanol–water partition coefficient (Wildman–Crippen LogP) is 7.74. The highest BCUT2D eigenvalue weighted by atomic mass is 28.5. The largest absolute Gasteiger partial charge is 0.543 e. The summed E-state index contributed by atoms with van der Waals surface area (Å²) in [5.74, 6) is -1.20. The van der Waals surface area contributed by atoms with E-state index in [9.17, 15) is 4.79 Å². The van der Waals surface area contributed by atoms with E-state index < -0.39 is 82.3 Å². The Balaban J connectivity index is 8.06. The molecule has 11 nitrogen and oxygen atoms in total. The van der Waals surface area contributed by atoms with Crippen LogP contribution >= 0.6 is 0 Å². The second-order valence-electron chi connectivity index (χ2n) is 18.3.